The second kappa shape index (κ2) is 31.8. The van der Waals surface area contributed by atoms with Crippen LogP contribution in [-0.4, -0.2) is 104 Å². The summed E-state index contributed by atoms with van der Waals surface area (Å²) in [5, 5.41) is 8.40. The van der Waals surface area contributed by atoms with Crippen LogP contribution in [0.2, 0.25) is 0 Å². The van der Waals surface area contributed by atoms with Crippen molar-refractivity contribution in [1.29, 1.82) is 0 Å². The summed E-state index contributed by atoms with van der Waals surface area (Å²) in [5.74, 6) is -4.66. The van der Waals surface area contributed by atoms with Gasteiger partial charge in [0.1, 0.15) is 29.7 Å². The molecule has 101 heavy (non-hydrogen) atoms. The van der Waals surface area contributed by atoms with Crippen molar-refractivity contribution in [3.63, 3.8) is 0 Å². The van der Waals surface area contributed by atoms with Gasteiger partial charge in [-0.3, -0.25) is 29.1 Å². The Bertz CT molecular complexity index is 4550. The SMILES string of the molecule is CSCC[C@H](NC(c1ccc(OC(=O)c2ccccc2)cc1)(c1ccc(OC(=O)c2ccccc2)cc1)c1ccc(OC(=O)c2ccccc2)cc1)C(=O)NP(=O)([O-])OC[C@H]1O[C@@H](n2cnc3c(NC(=O)c4ccccc4)ncnc32)[C@H](OC(=O)c2ccccc2)[C@@H]1OC(=O)c1ccccc1. The number of nitrogens with one attached hydrogen (secondary N) is 3. The van der Waals surface area contributed by atoms with Crippen molar-refractivity contribution in [1.82, 2.24) is 29.9 Å². The highest BCUT2D eigenvalue weighted by Crippen LogP contribution is 2.43. The molecule has 1 fully saturated rings. The molecular formula is C76H61N7O16PS-. The quantitative estimate of drug-likeness (QED) is 0.0196. The predicted molar refractivity (Wildman–Crippen MR) is 370 cm³/mol. The largest absolute Gasteiger partial charge is 0.762 e. The lowest BCUT2D eigenvalue weighted by Crippen LogP contribution is -2.55. The summed E-state index contributed by atoms with van der Waals surface area (Å²) >= 11 is 1.36. The van der Waals surface area contributed by atoms with Gasteiger partial charge in [0.2, 0.25) is 13.7 Å². The molecule has 1 unspecified atom stereocenters. The van der Waals surface area contributed by atoms with Crippen molar-refractivity contribution in [2.24, 2.45) is 0 Å². The third-order valence-corrected chi connectivity index (χ3v) is 17.8. The number of anilines is 1. The fraction of sp³-hybridized carbons (Fsp3) is 0.132. The number of aromatic nitrogens is 4. The van der Waals surface area contributed by atoms with E-state index in [-0.39, 0.29) is 74.2 Å². The minimum atomic E-state index is -5.63. The Balaban J connectivity index is 0.892. The highest BCUT2D eigenvalue weighted by atomic mass is 32.2. The molecule has 0 spiro atoms. The van der Waals surface area contributed by atoms with Gasteiger partial charge in [0.15, 0.2) is 35.4 Å². The highest BCUT2D eigenvalue weighted by Gasteiger charge is 2.52. The van der Waals surface area contributed by atoms with E-state index in [1.54, 1.807) is 237 Å². The van der Waals surface area contributed by atoms with E-state index in [1.807, 2.05) is 0 Å². The standard InChI is InChI=1S/C76H62N7O16PS/c1-101-45-44-61(81-76(55-32-38-58(39-33-55)94-71(86)50-22-10-3-11-23-50,56-34-40-59(41-35-56)95-72(87)51-24-12-4-13-25-51)57-36-42-60(43-37-57)96-73(88)52-26-14-5-15-27-52)69(85)82-100(91,92)93-46-62-64(98-74(89)53-28-16-6-17-29-53)65(99-75(90)54-30-18-7-19-31-54)70(97-62)83-48-79-63-66(77-47-78-67(63)83)80-68(84)49-20-8-2-9-21-49/h2-43,47-48,61-62,64-65,70,81H,44-46H2,1H3,(H,77,78,80,84)(H2,82,85,91,92)/p-1/t61-,62+,64+,65+,70+/m0/s1. The van der Waals surface area contributed by atoms with E-state index in [0.717, 1.165) is 6.33 Å². The molecule has 2 amide bonds. The second-order valence-corrected chi connectivity index (χ2v) is 25.2. The lowest BCUT2D eigenvalue weighted by Gasteiger charge is -2.40. The maximum absolute atomic E-state index is 15.3. The molecule has 23 nitrogen and oxygen atoms in total. The topological polar surface area (TPSA) is 304 Å². The fourth-order valence-corrected chi connectivity index (χ4v) is 12.5. The molecule has 508 valence electrons. The predicted octanol–water partition coefficient (Wildman–Crippen LogP) is 11.4. The number of hydrogen-bond acceptors (Lipinski definition) is 21. The number of fused-ring (bicyclic) bond motifs is 1. The van der Waals surface area contributed by atoms with Crippen LogP contribution in [0.3, 0.4) is 0 Å². The van der Waals surface area contributed by atoms with E-state index in [2.05, 4.69) is 30.7 Å². The molecule has 11 aromatic rings. The number of nitrogens with zero attached hydrogens (tertiary/aromatic N) is 4. The Labute approximate surface area is 582 Å². The molecule has 0 bridgehead atoms. The van der Waals surface area contributed by atoms with Gasteiger partial charge in [-0.25, -0.2) is 38.9 Å². The average Bonchev–Trinajstić information content (AvgIpc) is 1.68. The van der Waals surface area contributed by atoms with E-state index in [9.17, 15) is 38.2 Å². The van der Waals surface area contributed by atoms with Crippen molar-refractivity contribution in [3.05, 3.63) is 318 Å². The summed E-state index contributed by atoms with van der Waals surface area (Å²) in [7, 11) is -5.63. The van der Waals surface area contributed by atoms with Crippen LogP contribution in [0.1, 0.15) is 91.5 Å². The number of esters is 5. The Kier molecular flexibility index (Phi) is 21.8. The summed E-state index contributed by atoms with van der Waals surface area (Å²) in [4.78, 5) is 125. The maximum Gasteiger partial charge on any atom is 0.343 e. The van der Waals surface area contributed by atoms with Crippen LogP contribution in [0.4, 0.5) is 5.82 Å². The van der Waals surface area contributed by atoms with Crippen molar-refractivity contribution in [3.8, 4) is 17.2 Å². The molecule has 1 saturated heterocycles. The smallest absolute Gasteiger partial charge is 0.343 e. The second-order valence-electron chi connectivity index (χ2n) is 22.7. The Morgan fingerprint density at radius 2 is 0.921 bits per heavy atom. The molecule has 0 saturated carbocycles. The minimum absolute atomic E-state index is 0.00449. The molecule has 3 heterocycles. The van der Waals surface area contributed by atoms with Crippen LogP contribution in [0.5, 0.6) is 17.2 Å². The normalized spacial score (nSPS) is 15.8. The molecule has 2 aromatic heterocycles. The van der Waals surface area contributed by atoms with Gasteiger partial charge in [-0.15, -0.1) is 0 Å². The molecule has 6 atom stereocenters. The first-order chi connectivity index (χ1) is 49.1. The number of benzene rings is 9. The van der Waals surface area contributed by atoms with Crippen LogP contribution in [0.15, 0.2) is 267 Å². The monoisotopic (exact) mass is 1390 g/mol. The van der Waals surface area contributed by atoms with Crippen LogP contribution in [0, 0.1) is 0 Å². The van der Waals surface area contributed by atoms with Crippen LogP contribution in [-0.2, 0) is 33.6 Å². The van der Waals surface area contributed by atoms with Gasteiger partial charge in [0.05, 0.1) is 52.3 Å². The number of carbonyl (C=O) groups is 7. The lowest BCUT2D eigenvalue weighted by molar-refractivity contribution is -0.205. The van der Waals surface area contributed by atoms with Gasteiger partial charge in [0, 0.05) is 5.56 Å². The molecule has 1 aliphatic heterocycles. The zero-order valence-corrected chi connectivity index (χ0v) is 55.3. The Morgan fingerprint density at radius 1 is 0.525 bits per heavy atom. The number of carbonyl (C=O) groups excluding carboxylic acids is 7. The van der Waals surface area contributed by atoms with Crippen LogP contribution >= 0.6 is 19.5 Å². The summed E-state index contributed by atoms with van der Waals surface area (Å²) < 4.78 is 58.2. The number of thioether (sulfide) groups is 1. The summed E-state index contributed by atoms with van der Waals surface area (Å²) in [6.07, 6.45) is -2.24. The fourth-order valence-electron chi connectivity index (χ4n) is 11.2. The summed E-state index contributed by atoms with van der Waals surface area (Å²) in [6.45, 7) is -0.972. The van der Waals surface area contributed by atoms with Gasteiger partial charge in [-0.2, -0.15) is 11.8 Å². The van der Waals surface area contributed by atoms with E-state index in [0.29, 0.717) is 22.3 Å². The molecule has 1 aliphatic rings. The maximum atomic E-state index is 15.3. The first-order valence-electron chi connectivity index (χ1n) is 31.5. The third kappa shape index (κ3) is 16.5. The number of ether oxygens (including phenoxy) is 6. The van der Waals surface area contributed by atoms with Crippen molar-refractivity contribution in [2.75, 3.05) is 23.9 Å². The van der Waals surface area contributed by atoms with Gasteiger partial charge in [-0.1, -0.05) is 146 Å². The molecule has 0 radical (unpaired) electrons. The average molecular weight is 1390 g/mol. The zero-order valence-electron chi connectivity index (χ0n) is 53.6. The first kappa shape index (κ1) is 69.2. The minimum Gasteiger partial charge on any atom is -0.762 e. The first-order valence-corrected chi connectivity index (χ1v) is 34.5. The lowest BCUT2D eigenvalue weighted by atomic mass is 9.76. The number of imidazole rings is 1. The molecule has 0 aliphatic carbocycles. The van der Waals surface area contributed by atoms with Crippen LogP contribution < -0.4 is 34.8 Å². The molecular weight excluding hydrogens is 1330 g/mol. The van der Waals surface area contributed by atoms with E-state index in [1.165, 1.54) is 46.9 Å². The third-order valence-electron chi connectivity index (χ3n) is 16.2. The van der Waals surface area contributed by atoms with Gasteiger partial charge >= 0.3 is 29.8 Å². The van der Waals surface area contributed by atoms with Crippen molar-refractivity contribution >= 4 is 78.2 Å². The summed E-state index contributed by atoms with van der Waals surface area (Å²) in [5.41, 5.74) is 0.936. The van der Waals surface area contributed by atoms with Crippen molar-refractivity contribution < 1.29 is 76.0 Å². The van der Waals surface area contributed by atoms with Crippen LogP contribution in [0.25, 0.3) is 11.2 Å². The van der Waals surface area contributed by atoms with Gasteiger partial charge < -0.3 is 43.2 Å². The van der Waals surface area contributed by atoms with E-state index >= 15 is 4.79 Å². The Morgan fingerprint density at radius 3 is 1.34 bits per heavy atom. The number of rotatable bonds is 26. The van der Waals surface area contributed by atoms with Gasteiger partial charge in [-0.05, 0) is 144 Å². The van der Waals surface area contributed by atoms with E-state index in [4.69, 9.17) is 32.9 Å². The van der Waals surface area contributed by atoms with Crippen molar-refractivity contribution in [2.45, 2.75) is 42.5 Å². The van der Waals surface area contributed by atoms with E-state index < -0.39 is 92.1 Å². The molecule has 25 heteroatoms. The molecule has 9 aromatic carbocycles. The number of hydrogen-bond donors (Lipinski definition) is 3. The van der Waals surface area contributed by atoms with Gasteiger partial charge in [0.25, 0.3) is 5.91 Å². The molecule has 12 rings (SSSR count). The molecule has 3 N–H and O–H groups in total. The zero-order chi connectivity index (χ0) is 70.3. The number of amides is 2. The Hall–Kier alpha value is -11.8. The summed E-state index contributed by atoms with van der Waals surface area (Å²) in [6, 6.07) is 66.9. The highest BCUT2D eigenvalue weighted by molar-refractivity contribution is 7.98.